The van der Waals surface area contributed by atoms with Crippen LogP contribution in [0.2, 0.25) is 0 Å². The molecule has 9 heteroatoms. The van der Waals surface area contributed by atoms with Crippen molar-refractivity contribution in [3.63, 3.8) is 0 Å². The van der Waals surface area contributed by atoms with E-state index in [-0.39, 0.29) is 17.5 Å². The second-order valence-corrected chi connectivity index (χ2v) is 6.43. The molecule has 0 spiro atoms. The second kappa shape index (κ2) is 8.00. The van der Waals surface area contributed by atoms with Gasteiger partial charge in [-0.1, -0.05) is 42.5 Å². The summed E-state index contributed by atoms with van der Waals surface area (Å²) in [5.41, 5.74) is -3.00. The number of aromatic nitrogens is 1. The number of pyridine rings is 1. The summed E-state index contributed by atoms with van der Waals surface area (Å²) >= 11 is 0. The molecule has 3 rings (SSSR count). The van der Waals surface area contributed by atoms with Crippen molar-refractivity contribution in [2.75, 3.05) is 6.54 Å². The first-order valence-corrected chi connectivity index (χ1v) is 8.58. The van der Waals surface area contributed by atoms with E-state index in [1.54, 1.807) is 12.1 Å². The Morgan fingerprint density at radius 1 is 0.897 bits per heavy atom. The Morgan fingerprint density at radius 3 is 2.21 bits per heavy atom. The molecule has 1 aromatic heterocycles. The molecule has 0 fully saturated rings. The lowest BCUT2D eigenvalue weighted by atomic mass is 9.99. The maximum Gasteiger partial charge on any atom is 0.433 e. The zero-order valence-electron chi connectivity index (χ0n) is 14.8. The van der Waals surface area contributed by atoms with Crippen molar-refractivity contribution < 1.29 is 31.4 Å². The van der Waals surface area contributed by atoms with Crippen LogP contribution in [0.25, 0.3) is 10.9 Å². The molecule has 1 atom stereocenters. The molecule has 29 heavy (non-hydrogen) atoms. The van der Waals surface area contributed by atoms with E-state index in [4.69, 9.17) is 0 Å². The number of rotatable bonds is 5. The number of benzene rings is 2. The fraction of sp³-hybridized carbons (Fsp3) is 0.250. The number of fused-ring (bicyclic) bond motifs is 1. The number of aliphatic hydroxyl groups excluding tert-OH is 1. The smallest absolute Gasteiger partial charge is 0.387 e. The number of halogens is 6. The minimum absolute atomic E-state index is 0.151. The quantitative estimate of drug-likeness (QED) is 0.572. The van der Waals surface area contributed by atoms with Gasteiger partial charge in [0.2, 0.25) is 0 Å². The topological polar surface area (TPSA) is 45.1 Å². The van der Waals surface area contributed by atoms with Crippen LogP contribution in [-0.4, -0.2) is 16.6 Å². The minimum Gasteiger partial charge on any atom is -0.387 e. The van der Waals surface area contributed by atoms with Gasteiger partial charge in [-0.15, -0.1) is 0 Å². The molecule has 2 aromatic carbocycles. The molecule has 0 aliphatic heterocycles. The lowest BCUT2D eigenvalue weighted by Crippen LogP contribution is -2.22. The van der Waals surface area contributed by atoms with Gasteiger partial charge in [0.25, 0.3) is 0 Å². The highest BCUT2D eigenvalue weighted by molar-refractivity contribution is 5.86. The van der Waals surface area contributed by atoms with Gasteiger partial charge in [0, 0.05) is 18.5 Å². The molecular formula is C20H16F6N2O. The van der Waals surface area contributed by atoms with E-state index in [0.29, 0.717) is 18.7 Å². The molecule has 0 saturated heterocycles. The molecule has 0 bridgehead atoms. The minimum atomic E-state index is -4.96. The summed E-state index contributed by atoms with van der Waals surface area (Å²) in [6.45, 7) is 0.183. The standard InChI is InChI=1S/C20H16F6N2O/c21-19(22,23)15-8-4-7-13-14(9-17(20(24,25)26)28-18(13)15)16(29)11-27-10-12-5-2-1-3-6-12/h1-9,16,27,29H,10-11H2/t16-/m0/s1. The normalized spacial score (nSPS) is 13.6. The molecule has 0 radical (unpaired) electrons. The molecule has 0 aliphatic carbocycles. The van der Waals surface area contributed by atoms with Gasteiger partial charge in [0.1, 0.15) is 5.69 Å². The lowest BCUT2D eigenvalue weighted by Gasteiger charge is -2.19. The molecule has 2 N–H and O–H groups in total. The van der Waals surface area contributed by atoms with Crippen LogP contribution in [0.5, 0.6) is 0 Å². The molecule has 3 aromatic rings. The SMILES string of the molecule is O[C@@H](CNCc1ccccc1)c1cc(C(F)(F)F)nc2c(C(F)(F)F)cccc12. The van der Waals surface area contributed by atoms with Gasteiger partial charge < -0.3 is 10.4 Å². The first-order valence-electron chi connectivity index (χ1n) is 8.58. The zero-order valence-corrected chi connectivity index (χ0v) is 14.8. The maximum atomic E-state index is 13.3. The molecule has 1 heterocycles. The first kappa shape index (κ1) is 21.1. The van der Waals surface area contributed by atoms with Crippen molar-refractivity contribution in [1.29, 1.82) is 0 Å². The third-order valence-corrected chi connectivity index (χ3v) is 4.34. The number of hydrogen-bond acceptors (Lipinski definition) is 3. The summed E-state index contributed by atoms with van der Waals surface area (Å²) < 4.78 is 79.5. The van der Waals surface area contributed by atoms with Gasteiger partial charge in [-0.05, 0) is 23.3 Å². The Balaban J connectivity index is 1.99. The highest BCUT2D eigenvalue weighted by Gasteiger charge is 2.37. The number of hydrogen-bond donors (Lipinski definition) is 2. The Kier molecular flexibility index (Phi) is 5.81. The Morgan fingerprint density at radius 2 is 1.59 bits per heavy atom. The van der Waals surface area contributed by atoms with E-state index in [1.165, 1.54) is 6.07 Å². The van der Waals surface area contributed by atoms with Gasteiger partial charge in [-0.3, -0.25) is 0 Å². The van der Waals surface area contributed by atoms with Crippen molar-refractivity contribution >= 4 is 10.9 Å². The highest BCUT2D eigenvalue weighted by Crippen LogP contribution is 2.38. The van der Waals surface area contributed by atoms with E-state index in [0.717, 1.165) is 11.6 Å². The largest absolute Gasteiger partial charge is 0.433 e. The van der Waals surface area contributed by atoms with Crippen LogP contribution in [0.3, 0.4) is 0 Å². The van der Waals surface area contributed by atoms with Crippen LogP contribution in [0.15, 0.2) is 54.6 Å². The van der Waals surface area contributed by atoms with Crippen LogP contribution in [-0.2, 0) is 18.9 Å². The second-order valence-electron chi connectivity index (χ2n) is 6.43. The van der Waals surface area contributed by atoms with Gasteiger partial charge in [0.15, 0.2) is 0 Å². The van der Waals surface area contributed by atoms with Crippen molar-refractivity contribution in [3.8, 4) is 0 Å². The average Bonchev–Trinajstić information content (AvgIpc) is 2.66. The highest BCUT2D eigenvalue weighted by atomic mass is 19.4. The van der Waals surface area contributed by atoms with Crippen LogP contribution in [0, 0.1) is 0 Å². The summed E-state index contributed by atoms with van der Waals surface area (Å²) in [5, 5.41) is 13.2. The van der Waals surface area contributed by atoms with Crippen LogP contribution < -0.4 is 5.32 Å². The molecule has 154 valence electrons. The number of para-hydroxylation sites is 1. The number of aliphatic hydroxyl groups is 1. The predicted octanol–water partition coefficient (Wildman–Crippen LogP) is 5.10. The van der Waals surface area contributed by atoms with Crippen molar-refractivity contribution in [3.05, 3.63) is 77.0 Å². The van der Waals surface area contributed by atoms with E-state index in [2.05, 4.69) is 10.3 Å². The third-order valence-electron chi connectivity index (χ3n) is 4.34. The Hall–Kier alpha value is -2.65. The van der Waals surface area contributed by atoms with Gasteiger partial charge in [0.05, 0.1) is 17.2 Å². The van der Waals surface area contributed by atoms with Crippen molar-refractivity contribution in [2.24, 2.45) is 0 Å². The molecular weight excluding hydrogens is 398 g/mol. The van der Waals surface area contributed by atoms with Gasteiger partial charge >= 0.3 is 12.4 Å². The monoisotopic (exact) mass is 414 g/mol. The molecule has 0 aliphatic rings. The molecule has 0 saturated carbocycles. The summed E-state index contributed by atoms with van der Waals surface area (Å²) in [4.78, 5) is 3.21. The van der Waals surface area contributed by atoms with Crippen LogP contribution in [0.4, 0.5) is 26.3 Å². The van der Waals surface area contributed by atoms with Crippen molar-refractivity contribution in [2.45, 2.75) is 25.0 Å². The summed E-state index contributed by atoms with van der Waals surface area (Å²) in [7, 11) is 0. The van der Waals surface area contributed by atoms with E-state index in [1.807, 2.05) is 18.2 Å². The summed E-state index contributed by atoms with van der Waals surface area (Å²) in [6, 6.07) is 12.6. The Bertz CT molecular complexity index is 986. The molecule has 3 nitrogen and oxygen atoms in total. The van der Waals surface area contributed by atoms with Crippen LogP contribution in [0.1, 0.15) is 28.5 Å². The summed E-state index contributed by atoms with van der Waals surface area (Å²) in [5.74, 6) is 0. The van der Waals surface area contributed by atoms with E-state index in [9.17, 15) is 31.4 Å². The van der Waals surface area contributed by atoms with Gasteiger partial charge in [-0.2, -0.15) is 26.3 Å². The van der Waals surface area contributed by atoms with Crippen molar-refractivity contribution in [1.82, 2.24) is 10.3 Å². The number of alkyl halides is 6. The number of nitrogens with zero attached hydrogens (tertiary/aromatic N) is 1. The molecule has 0 amide bonds. The summed E-state index contributed by atoms with van der Waals surface area (Å²) in [6.07, 6.45) is -11.3. The Labute approximate surface area is 162 Å². The van der Waals surface area contributed by atoms with E-state index < -0.39 is 35.2 Å². The fourth-order valence-corrected chi connectivity index (χ4v) is 2.98. The predicted molar refractivity (Wildman–Crippen MR) is 94.9 cm³/mol. The molecule has 0 unspecified atom stereocenters. The average molecular weight is 414 g/mol. The number of nitrogens with one attached hydrogen (secondary N) is 1. The third kappa shape index (κ3) is 4.86. The first-order chi connectivity index (χ1) is 13.6. The maximum absolute atomic E-state index is 13.3. The van der Waals surface area contributed by atoms with E-state index >= 15 is 0 Å². The lowest BCUT2D eigenvalue weighted by molar-refractivity contribution is -0.142. The fourth-order valence-electron chi connectivity index (χ4n) is 2.98. The van der Waals surface area contributed by atoms with Crippen LogP contribution >= 0.6 is 0 Å². The van der Waals surface area contributed by atoms with Gasteiger partial charge in [-0.25, -0.2) is 4.98 Å². The zero-order chi connectivity index (χ0) is 21.2.